The molecule has 3 aromatic carbocycles. The Hall–Kier alpha value is -3.07. The van der Waals surface area contributed by atoms with Crippen LogP contribution < -0.4 is 10.1 Å². The lowest BCUT2D eigenvalue weighted by atomic mass is 9.98. The molecule has 0 radical (unpaired) electrons. The molecular weight excluding hydrogens is 322 g/mol. The van der Waals surface area contributed by atoms with Gasteiger partial charge < -0.3 is 10.1 Å². The summed E-state index contributed by atoms with van der Waals surface area (Å²) in [5.74, 6) is 0.866. The van der Waals surface area contributed by atoms with Crippen molar-refractivity contribution in [1.82, 2.24) is 5.32 Å². The predicted molar refractivity (Wildman–Crippen MR) is 104 cm³/mol. The molecule has 26 heavy (non-hydrogen) atoms. The first kappa shape index (κ1) is 17.7. The van der Waals surface area contributed by atoms with E-state index in [4.69, 9.17) is 4.74 Å². The van der Waals surface area contributed by atoms with Crippen molar-refractivity contribution in [3.05, 3.63) is 102 Å². The summed E-state index contributed by atoms with van der Waals surface area (Å²) in [5, 5.41) is 3.18. The molecule has 0 atom stereocenters. The Morgan fingerprint density at radius 1 is 0.846 bits per heavy atom. The molecule has 0 heterocycles. The fourth-order valence-electron chi connectivity index (χ4n) is 2.93. The molecule has 0 fully saturated rings. The van der Waals surface area contributed by atoms with E-state index in [1.807, 2.05) is 84.9 Å². The zero-order chi connectivity index (χ0) is 18.2. The highest BCUT2D eigenvalue weighted by atomic mass is 16.5. The van der Waals surface area contributed by atoms with Crippen molar-refractivity contribution in [2.24, 2.45) is 0 Å². The van der Waals surface area contributed by atoms with Gasteiger partial charge in [-0.05, 0) is 35.2 Å². The number of hydrogen-bond acceptors (Lipinski definition) is 2. The number of carbonyl (C=O) groups is 1. The molecule has 3 heteroatoms. The summed E-state index contributed by atoms with van der Waals surface area (Å²) in [6, 6.07) is 27.8. The molecule has 0 unspecified atom stereocenters. The molecule has 0 saturated carbocycles. The van der Waals surface area contributed by atoms with Crippen LogP contribution in [0.1, 0.15) is 29.2 Å². The number of aryl methyl sites for hydroxylation is 1. The smallest absolute Gasteiger partial charge is 0.221 e. The topological polar surface area (TPSA) is 38.3 Å². The fraction of sp³-hybridized carbons (Fsp3) is 0.174. The minimum atomic E-state index is -0.138. The van der Waals surface area contributed by atoms with Crippen LogP contribution in [0.4, 0.5) is 0 Å². The summed E-state index contributed by atoms with van der Waals surface area (Å²) in [5.41, 5.74) is 3.28. The second-order valence-electron chi connectivity index (χ2n) is 6.17. The summed E-state index contributed by atoms with van der Waals surface area (Å²) in [6.07, 6.45) is 1.15. The van der Waals surface area contributed by atoms with Crippen molar-refractivity contribution in [2.75, 3.05) is 7.11 Å². The first-order valence-electron chi connectivity index (χ1n) is 8.78. The highest BCUT2D eigenvalue weighted by Crippen LogP contribution is 2.22. The van der Waals surface area contributed by atoms with Gasteiger partial charge in [-0.25, -0.2) is 0 Å². The van der Waals surface area contributed by atoms with Crippen molar-refractivity contribution in [3.8, 4) is 5.75 Å². The summed E-state index contributed by atoms with van der Waals surface area (Å²) in [4.78, 5) is 12.6. The van der Waals surface area contributed by atoms with Crippen LogP contribution in [0.15, 0.2) is 84.9 Å². The average molecular weight is 345 g/mol. The van der Waals surface area contributed by atoms with E-state index in [-0.39, 0.29) is 11.9 Å². The molecular formula is C23H23NO2. The molecule has 1 N–H and O–H groups in total. The molecule has 0 aliphatic rings. The lowest BCUT2D eigenvalue weighted by Crippen LogP contribution is -2.29. The molecule has 3 nitrogen and oxygen atoms in total. The van der Waals surface area contributed by atoms with Gasteiger partial charge >= 0.3 is 0 Å². The largest absolute Gasteiger partial charge is 0.497 e. The Balaban J connectivity index is 1.67. The maximum absolute atomic E-state index is 12.6. The van der Waals surface area contributed by atoms with E-state index in [2.05, 4.69) is 5.32 Å². The SMILES string of the molecule is COc1ccc(CCC(=O)NC(c2ccccc2)c2ccccc2)cc1. The predicted octanol–water partition coefficient (Wildman–Crippen LogP) is 4.53. The number of amides is 1. The first-order chi connectivity index (χ1) is 12.8. The zero-order valence-corrected chi connectivity index (χ0v) is 14.9. The standard InChI is InChI=1S/C23H23NO2/c1-26-21-15-12-18(13-16-21)14-17-22(25)24-23(19-8-4-2-5-9-19)20-10-6-3-7-11-20/h2-13,15-16,23H,14,17H2,1H3,(H,24,25). The van der Waals surface area contributed by atoms with Crippen LogP contribution in [0.25, 0.3) is 0 Å². The Labute approximate surface area is 154 Å². The van der Waals surface area contributed by atoms with Crippen LogP contribution in [0, 0.1) is 0 Å². The van der Waals surface area contributed by atoms with Crippen molar-refractivity contribution in [2.45, 2.75) is 18.9 Å². The Bertz CT molecular complexity index is 774. The van der Waals surface area contributed by atoms with Gasteiger partial charge in [-0.15, -0.1) is 0 Å². The number of hydrogen-bond donors (Lipinski definition) is 1. The van der Waals surface area contributed by atoms with Crippen molar-refractivity contribution < 1.29 is 9.53 Å². The van der Waals surface area contributed by atoms with Gasteiger partial charge in [0.25, 0.3) is 0 Å². The number of rotatable bonds is 7. The third kappa shape index (κ3) is 4.73. The number of benzene rings is 3. The van der Waals surface area contributed by atoms with Crippen LogP contribution in [0.3, 0.4) is 0 Å². The normalized spacial score (nSPS) is 10.5. The molecule has 3 aromatic rings. The van der Waals surface area contributed by atoms with E-state index >= 15 is 0 Å². The van der Waals surface area contributed by atoms with E-state index < -0.39 is 0 Å². The van der Waals surface area contributed by atoms with Crippen molar-refractivity contribution in [3.63, 3.8) is 0 Å². The van der Waals surface area contributed by atoms with Crippen LogP contribution in [-0.4, -0.2) is 13.0 Å². The van der Waals surface area contributed by atoms with Crippen LogP contribution in [0.5, 0.6) is 5.75 Å². The zero-order valence-electron chi connectivity index (χ0n) is 14.9. The Morgan fingerprint density at radius 3 is 1.88 bits per heavy atom. The van der Waals surface area contributed by atoms with E-state index in [0.717, 1.165) is 22.4 Å². The third-order valence-corrected chi connectivity index (χ3v) is 4.37. The van der Waals surface area contributed by atoms with Crippen molar-refractivity contribution >= 4 is 5.91 Å². The number of ether oxygens (including phenoxy) is 1. The van der Waals surface area contributed by atoms with Gasteiger partial charge in [0, 0.05) is 6.42 Å². The lowest BCUT2D eigenvalue weighted by molar-refractivity contribution is -0.121. The Morgan fingerprint density at radius 2 is 1.38 bits per heavy atom. The highest BCUT2D eigenvalue weighted by molar-refractivity contribution is 5.77. The molecule has 1 amide bonds. The summed E-state index contributed by atoms with van der Waals surface area (Å²) in [6.45, 7) is 0. The Kier molecular flexibility index (Phi) is 6.05. The van der Waals surface area contributed by atoms with Crippen LogP contribution in [0.2, 0.25) is 0 Å². The van der Waals surface area contributed by atoms with E-state index in [1.54, 1.807) is 7.11 Å². The number of carbonyl (C=O) groups excluding carboxylic acids is 1. The van der Waals surface area contributed by atoms with Gasteiger partial charge in [0.1, 0.15) is 5.75 Å². The highest BCUT2D eigenvalue weighted by Gasteiger charge is 2.16. The molecule has 0 aliphatic heterocycles. The molecule has 0 aliphatic carbocycles. The van der Waals surface area contributed by atoms with E-state index in [9.17, 15) is 4.79 Å². The summed E-state index contributed by atoms with van der Waals surface area (Å²) < 4.78 is 5.17. The van der Waals surface area contributed by atoms with Gasteiger partial charge in [0.2, 0.25) is 5.91 Å². The van der Waals surface area contributed by atoms with Crippen molar-refractivity contribution in [1.29, 1.82) is 0 Å². The van der Waals surface area contributed by atoms with E-state index in [0.29, 0.717) is 12.8 Å². The monoisotopic (exact) mass is 345 g/mol. The van der Waals surface area contributed by atoms with Gasteiger partial charge in [0.05, 0.1) is 13.2 Å². The first-order valence-corrected chi connectivity index (χ1v) is 8.78. The second-order valence-corrected chi connectivity index (χ2v) is 6.17. The summed E-state index contributed by atoms with van der Waals surface area (Å²) in [7, 11) is 1.65. The van der Waals surface area contributed by atoms with Gasteiger partial charge in [-0.1, -0.05) is 72.8 Å². The molecule has 0 spiro atoms. The molecule has 132 valence electrons. The lowest BCUT2D eigenvalue weighted by Gasteiger charge is -2.20. The molecule has 3 rings (SSSR count). The van der Waals surface area contributed by atoms with Gasteiger partial charge in [-0.3, -0.25) is 4.79 Å². The summed E-state index contributed by atoms with van der Waals surface area (Å²) >= 11 is 0. The minimum absolute atomic E-state index is 0.0403. The average Bonchev–Trinajstić information content (AvgIpc) is 2.72. The van der Waals surface area contributed by atoms with E-state index in [1.165, 1.54) is 0 Å². The number of methoxy groups -OCH3 is 1. The maximum atomic E-state index is 12.6. The minimum Gasteiger partial charge on any atom is -0.497 e. The second kappa shape index (κ2) is 8.86. The van der Waals surface area contributed by atoms with Crippen LogP contribution in [-0.2, 0) is 11.2 Å². The maximum Gasteiger partial charge on any atom is 0.221 e. The quantitative estimate of drug-likeness (QED) is 0.683. The molecule has 0 saturated heterocycles. The molecule has 0 aromatic heterocycles. The fourth-order valence-corrected chi connectivity index (χ4v) is 2.93. The third-order valence-electron chi connectivity index (χ3n) is 4.37. The molecule has 0 bridgehead atoms. The van der Waals surface area contributed by atoms with Crippen LogP contribution >= 0.6 is 0 Å². The van der Waals surface area contributed by atoms with Gasteiger partial charge in [-0.2, -0.15) is 0 Å². The number of nitrogens with one attached hydrogen (secondary N) is 1. The van der Waals surface area contributed by atoms with Gasteiger partial charge in [0.15, 0.2) is 0 Å².